The van der Waals surface area contributed by atoms with E-state index in [0.717, 1.165) is 32.1 Å². The average molecular weight is 773 g/mol. The van der Waals surface area contributed by atoms with Gasteiger partial charge >= 0.3 is 5.69 Å². The number of ether oxygens (including phenoxy) is 1. The zero-order valence-corrected chi connectivity index (χ0v) is 33.5. The topological polar surface area (TPSA) is 152 Å². The van der Waals surface area contributed by atoms with E-state index in [4.69, 9.17) is 10.6 Å². The number of amides is 1. The molecule has 4 atom stereocenters. The number of carbonyl (C=O) groups is 3. The maximum Gasteiger partial charge on any atom is 0.330 e. The summed E-state index contributed by atoms with van der Waals surface area (Å²) in [5, 5.41) is 2.81. The van der Waals surface area contributed by atoms with Gasteiger partial charge in [-0.2, -0.15) is 0 Å². The van der Waals surface area contributed by atoms with Crippen LogP contribution in [-0.4, -0.2) is 80.6 Å². The molecule has 1 aromatic heterocycles. The van der Waals surface area contributed by atoms with Crippen molar-refractivity contribution < 1.29 is 25.0 Å². The Hall–Kier alpha value is -3.38. The van der Waals surface area contributed by atoms with E-state index in [1.807, 2.05) is 25.1 Å². The first-order valence-corrected chi connectivity index (χ1v) is 21.0. The zero-order valence-electron chi connectivity index (χ0n) is 32.8. The van der Waals surface area contributed by atoms with E-state index in [1.165, 1.54) is 41.1 Å². The second kappa shape index (κ2) is 23.4. The quantitative estimate of drug-likeness (QED) is 0.0402. The molecule has 3 rings (SSSR count). The van der Waals surface area contributed by atoms with E-state index in [1.54, 1.807) is 12.1 Å². The number of unbranched alkanes of at least 4 members (excludes halogenated alkanes) is 4. The molecule has 12 nitrogen and oxygen atoms in total. The summed E-state index contributed by atoms with van der Waals surface area (Å²) in [6, 6.07) is 9.51. The van der Waals surface area contributed by atoms with E-state index in [2.05, 4.69) is 47.7 Å². The van der Waals surface area contributed by atoms with Gasteiger partial charge in [0, 0.05) is 69.1 Å². The van der Waals surface area contributed by atoms with Gasteiger partial charge in [0.2, 0.25) is 11.0 Å². The monoisotopic (exact) mass is 772 g/mol. The summed E-state index contributed by atoms with van der Waals surface area (Å²) in [5.41, 5.74) is -0.437. The van der Waals surface area contributed by atoms with E-state index in [0.29, 0.717) is 49.8 Å². The summed E-state index contributed by atoms with van der Waals surface area (Å²) in [4.78, 5) is 69.0. The Morgan fingerprint density at radius 1 is 1.11 bits per heavy atom. The van der Waals surface area contributed by atoms with Gasteiger partial charge in [-0.05, 0) is 72.8 Å². The largest absolute Gasteiger partial charge is 0.447 e. The van der Waals surface area contributed by atoms with Crippen molar-refractivity contribution in [3.8, 4) is 0 Å². The van der Waals surface area contributed by atoms with Gasteiger partial charge in [-0.1, -0.05) is 61.4 Å². The number of aromatic amines is 1. The van der Waals surface area contributed by atoms with Crippen LogP contribution in [0.25, 0.3) is 6.08 Å². The number of aromatic nitrogens is 2. The highest BCUT2D eigenvalue weighted by atomic mass is 32.2. The molecule has 0 aliphatic carbocycles. The lowest BCUT2D eigenvalue weighted by Crippen LogP contribution is -2.35. The smallest absolute Gasteiger partial charge is 0.330 e. The van der Waals surface area contributed by atoms with Gasteiger partial charge in [-0.15, -0.1) is 0 Å². The van der Waals surface area contributed by atoms with Crippen LogP contribution in [0, 0.1) is 5.92 Å². The third kappa shape index (κ3) is 15.1. The third-order valence-corrected chi connectivity index (χ3v) is 12.2. The number of nitrogens with one attached hydrogen (secondary N) is 2. The lowest BCUT2D eigenvalue weighted by atomic mass is 10.0. The molecule has 1 amide bonds. The first-order chi connectivity index (χ1) is 25.9. The summed E-state index contributed by atoms with van der Waals surface area (Å²) in [6.45, 7) is 11.5. The van der Waals surface area contributed by atoms with Crippen molar-refractivity contribution in [3.63, 3.8) is 0 Å². The van der Waals surface area contributed by atoms with Crippen molar-refractivity contribution >= 4 is 49.3 Å². The molecule has 0 spiro atoms. The van der Waals surface area contributed by atoms with Gasteiger partial charge < -0.3 is 14.6 Å². The molecule has 0 saturated carbocycles. The van der Waals surface area contributed by atoms with E-state index < -0.39 is 31.9 Å². The number of rotatable bonds is 23. The van der Waals surface area contributed by atoms with Crippen LogP contribution in [0.4, 0.5) is 0 Å². The van der Waals surface area contributed by atoms with Crippen molar-refractivity contribution in [2.45, 2.75) is 117 Å². The number of benzene rings is 1. The summed E-state index contributed by atoms with van der Waals surface area (Å²) >= 11 is 1.18. The van der Waals surface area contributed by atoms with Crippen LogP contribution in [0.2, 0.25) is 0 Å². The molecule has 2 unspecified atom stereocenters. The molecule has 1 aliphatic heterocycles. The summed E-state index contributed by atoms with van der Waals surface area (Å²) < 4.78 is 24.2. The SMILES string of the molecule is [2H]C[C@H]1O[C@@H](n2cc(/C=C/C(=O)NCCCCCCCC(=O)CCSC(=O)c3ccccc3)c(=O)[nH]c2=O)CC1CP(OC=NCC)N(C(C)C)C(C)C. The minimum absolute atomic E-state index is 0.0146. The number of thioether (sulfide) groups is 1. The van der Waals surface area contributed by atoms with Gasteiger partial charge in [0.25, 0.3) is 5.56 Å². The first kappa shape index (κ1) is 42.4. The van der Waals surface area contributed by atoms with Crippen LogP contribution in [0.3, 0.4) is 0 Å². The summed E-state index contributed by atoms with van der Waals surface area (Å²) in [5.74, 6) is 0.243. The molecular weight excluding hydrogens is 713 g/mol. The van der Waals surface area contributed by atoms with Crippen LogP contribution in [0.1, 0.15) is 116 Å². The molecule has 1 aliphatic rings. The van der Waals surface area contributed by atoms with Gasteiger partial charge in [-0.25, -0.2) is 9.46 Å². The van der Waals surface area contributed by atoms with Crippen molar-refractivity contribution in [1.29, 1.82) is 0 Å². The molecule has 53 heavy (non-hydrogen) atoms. The fraction of sp³-hybridized carbons (Fsp3) is 0.590. The minimum atomic E-state index is -1.10. The molecule has 2 aromatic rings. The first-order valence-electron chi connectivity index (χ1n) is 19.4. The number of H-pyrrole nitrogens is 1. The Morgan fingerprint density at radius 3 is 2.53 bits per heavy atom. The summed E-state index contributed by atoms with van der Waals surface area (Å²) in [6.07, 6.45) is 10.8. The molecule has 1 fully saturated rings. The number of nitrogens with zero attached hydrogens (tertiary/aromatic N) is 3. The van der Waals surface area contributed by atoms with Crippen LogP contribution < -0.4 is 16.6 Å². The Kier molecular flexibility index (Phi) is 18.7. The highest BCUT2D eigenvalue weighted by Gasteiger charge is 2.38. The lowest BCUT2D eigenvalue weighted by Gasteiger charge is -2.37. The number of ketones is 1. The molecule has 2 N–H and O–H groups in total. The fourth-order valence-electron chi connectivity index (χ4n) is 6.10. The molecule has 1 aromatic carbocycles. The number of aliphatic imine (C=N–C) groups is 1. The Bertz CT molecular complexity index is 1640. The predicted octanol–water partition coefficient (Wildman–Crippen LogP) is 6.96. The number of Topliss-reactive ketones (excluding diaryl/α,β-unsaturated/α-hetero) is 1. The van der Waals surface area contributed by atoms with E-state index in [-0.39, 0.29) is 47.3 Å². The molecule has 2 heterocycles. The molecule has 0 bridgehead atoms. The van der Waals surface area contributed by atoms with Crippen molar-refractivity contribution in [2.24, 2.45) is 10.9 Å². The van der Waals surface area contributed by atoms with Crippen LogP contribution in [-0.2, 0) is 18.8 Å². The highest BCUT2D eigenvalue weighted by molar-refractivity contribution is 8.14. The Morgan fingerprint density at radius 2 is 1.83 bits per heavy atom. The van der Waals surface area contributed by atoms with E-state index in [9.17, 15) is 24.0 Å². The van der Waals surface area contributed by atoms with Crippen molar-refractivity contribution in [2.75, 3.05) is 25.0 Å². The van der Waals surface area contributed by atoms with Crippen LogP contribution in [0.5, 0.6) is 0 Å². The molecule has 292 valence electrons. The van der Waals surface area contributed by atoms with Crippen molar-refractivity contribution in [1.82, 2.24) is 19.5 Å². The van der Waals surface area contributed by atoms with Gasteiger partial charge in [0.1, 0.15) is 12.0 Å². The average Bonchev–Trinajstić information content (AvgIpc) is 3.54. The maximum absolute atomic E-state index is 12.9. The molecular formula is C39H58N5O7PS. The number of carbonyl (C=O) groups excluding carboxylic acids is 3. The maximum atomic E-state index is 12.9. The number of hydrogen-bond donors (Lipinski definition) is 2. The second-order valence-corrected chi connectivity index (χ2v) is 16.4. The van der Waals surface area contributed by atoms with Crippen LogP contribution in [0.15, 0.2) is 57.2 Å². The Balaban J connectivity index is 1.43. The molecule has 1 saturated heterocycles. The Labute approximate surface area is 320 Å². The highest BCUT2D eigenvalue weighted by Crippen LogP contribution is 2.49. The van der Waals surface area contributed by atoms with Crippen molar-refractivity contribution in [3.05, 3.63) is 74.6 Å². The van der Waals surface area contributed by atoms with Crippen LogP contribution >= 0.6 is 20.1 Å². The van der Waals surface area contributed by atoms with Gasteiger partial charge in [0.05, 0.1) is 11.7 Å². The normalized spacial score (nSPS) is 18.3. The van der Waals surface area contributed by atoms with Gasteiger partial charge in [-0.3, -0.25) is 33.7 Å². The van der Waals surface area contributed by atoms with E-state index >= 15 is 0 Å². The standard InChI is InChI=1S/C39H58N5O7PS/c1-7-40-27-50-52(44(28(2)3)29(4)5)26-33-24-36(51-30(33)6)43-25-32(37(47)42-39(43)49)19-20-35(46)41-22-15-10-8-9-14-18-34(45)21-23-53-38(48)31-16-12-11-13-17-31/h11-13,16-17,19-20,25,27-30,33,36H,7-10,14-15,18,21-24,26H2,1-6H3,(H,41,46)(H,42,47,49)/b20-19+,40-27?/t30-,33?,36-,52?/m1/s1/i6D. The minimum Gasteiger partial charge on any atom is -0.447 e. The van der Waals surface area contributed by atoms with Gasteiger partial charge in [0.15, 0.2) is 14.7 Å². The fourth-order valence-corrected chi connectivity index (χ4v) is 9.30. The number of hydrogen-bond acceptors (Lipinski definition) is 10. The molecule has 0 radical (unpaired) electrons. The predicted molar refractivity (Wildman–Crippen MR) is 216 cm³/mol. The molecule has 14 heteroatoms. The third-order valence-electron chi connectivity index (χ3n) is 8.77. The lowest BCUT2D eigenvalue weighted by molar-refractivity contribution is -0.119. The zero-order chi connectivity index (χ0) is 39.5. The second-order valence-electron chi connectivity index (χ2n) is 13.6. The summed E-state index contributed by atoms with van der Waals surface area (Å²) in [7, 11) is -1.10.